The van der Waals surface area contributed by atoms with Crippen LogP contribution in [-0.4, -0.2) is 24.0 Å². The molecule has 0 atom stereocenters. The number of aromatic nitrogens is 1. The molecular formula is C16H15F4N3. The van der Waals surface area contributed by atoms with Crippen molar-refractivity contribution in [1.82, 2.24) is 4.98 Å². The zero-order valence-corrected chi connectivity index (χ0v) is 12.2. The summed E-state index contributed by atoms with van der Waals surface area (Å²) in [5, 5.41) is 0. The minimum Gasteiger partial charge on any atom is -0.395 e. The van der Waals surface area contributed by atoms with Gasteiger partial charge in [0.1, 0.15) is 11.6 Å². The summed E-state index contributed by atoms with van der Waals surface area (Å²) in [5.41, 5.74) is 6.52. The van der Waals surface area contributed by atoms with E-state index in [2.05, 4.69) is 4.98 Å². The van der Waals surface area contributed by atoms with Crippen molar-refractivity contribution in [2.45, 2.75) is 18.8 Å². The van der Waals surface area contributed by atoms with E-state index in [0.29, 0.717) is 11.4 Å². The van der Waals surface area contributed by atoms with Gasteiger partial charge in [0.05, 0.1) is 5.69 Å². The lowest BCUT2D eigenvalue weighted by Crippen LogP contribution is -2.40. The largest absolute Gasteiger partial charge is 0.395 e. The lowest BCUT2D eigenvalue weighted by Gasteiger charge is -2.33. The molecule has 2 N–H and O–H groups in total. The van der Waals surface area contributed by atoms with Crippen LogP contribution in [0.2, 0.25) is 0 Å². The first kappa shape index (κ1) is 15.6. The monoisotopic (exact) mass is 325 g/mol. The van der Waals surface area contributed by atoms with Crippen LogP contribution in [-0.2, 0) is 0 Å². The third kappa shape index (κ3) is 3.09. The number of pyridine rings is 1. The van der Waals surface area contributed by atoms with Crippen LogP contribution in [0.5, 0.6) is 0 Å². The van der Waals surface area contributed by atoms with Crippen LogP contribution >= 0.6 is 0 Å². The number of nitrogens with two attached hydrogens (primary N) is 1. The van der Waals surface area contributed by atoms with Gasteiger partial charge in [-0.25, -0.2) is 22.5 Å². The number of hydrogen-bond donors (Lipinski definition) is 1. The summed E-state index contributed by atoms with van der Waals surface area (Å²) in [6.07, 6.45) is 0.845. The van der Waals surface area contributed by atoms with Gasteiger partial charge in [0, 0.05) is 43.3 Å². The van der Waals surface area contributed by atoms with E-state index in [-0.39, 0.29) is 37.2 Å². The van der Waals surface area contributed by atoms with E-state index in [1.807, 2.05) is 0 Å². The second-order valence-electron chi connectivity index (χ2n) is 5.56. The Morgan fingerprint density at radius 1 is 1.04 bits per heavy atom. The summed E-state index contributed by atoms with van der Waals surface area (Å²) < 4.78 is 53.9. The molecule has 0 aliphatic carbocycles. The van der Waals surface area contributed by atoms with Crippen molar-refractivity contribution in [3.05, 3.63) is 42.1 Å². The highest BCUT2D eigenvalue weighted by Crippen LogP contribution is 2.36. The summed E-state index contributed by atoms with van der Waals surface area (Å²) in [5.74, 6) is -3.56. The van der Waals surface area contributed by atoms with Crippen LogP contribution < -0.4 is 10.6 Å². The van der Waals surface area contributed by atoms with Crippen molar-refractivity contribution >= 4 is 11.5 Å². The highest BCUT2D eigenvalue weighted by atomic mass is 19.3. The minimum absolute atomic E-state index is 0.0217. The highest BCUT2D eigenvalue weighted by Gasteiger charge is 2.35. The lowest BCUT2D eigenvalue weighted by molar-refractivity contribution is -0.0221. The van der Waals surface area contributed by atoms with Gasteiger partial charge in [-0.15, -0.1) is 0 Å². The zero-order valence-electron chi connectivity index (χ0n) is 12.2. The summed E-state index contributed by atoms with van der Waals surface area (Å²) in [7, 11) is 0. The fourth-order valence-electron chi connectivity index (χ4n) is 2.70. The van der Waals surface area contributed by atoms with E-state index in [0.717, 1.165) is 18.2 Å². The molecular weight excluding hydrogens is 310 g/mol. The summed E-state index contributed by atoms with van der Waals surface area (Å²) >= 11 is 0. The van der Waals surface area contributed by atoms with Gasteiger partial charge in [-0.2, -0.15) is 0 Å². The lowest BCUT2D eigenvalue weighted by atomic mass is 10.0. The van der Waals surface area contributed by atoms with Crippen LogP contribution in [0.3, 0.4) is 0 Å². The number of rotatable bonds is 2. The number of halogens is 4. The molecule has 3 rings (SSSR count). The van der Waals surface area contributed by atoms with E-state index in [1.165, 1.54) is 12.3 Å². The molecule has 1 aliphatic rings. The number of nitrogens with zero attached hydrogens (tertiary/aromatic N) is 2. The van der Waals surface area contributed by atoms with Crippen molar-refractivity contribution < 1.29 is 17.6 Å². The molecule has 1 aromatic heterocycles. The molecule has 2 heterocycles. The molecule has 1 fully saturated rings. The maximum absolute atomic E-state index is 14.0. The fourth-order valence-corrected chi connectivity index (χ4v) is 2.70. The molecule has 0 spiro atoms. The van der Waals surface area contributed by atoms with Crippen molar-refractivity contribution in [1.29, 1.82) is 0 Å². The third-order valence-electron chi connectivity index (χ3n) is 3.98. The molecule has 2 aromatic rings. The highest BCUT2D eigenvalue weighted by molar-refractivity contribution is 5.84. The second kappa shape index (κ2) is 5.72. The van der Waals surface area contributed by atoms with Gasteiger partial charge in [-0.3, -0.25) is 0 Å². The molecule has 7 heteroatoms. The Morgan fingerprint density at radius 2 is 1.74 bits per heavy atom. The first-order valence-electron chi connectivity index (χ1n) is 7.20. The Hall–Kier alpha value is -2.31. The molecule has 0 amide bonds. The van der Waals surface area contributed by atoms with E-state index < -0.39 is 17.6 Å². The van der Waals surface area contributed by atoms with Gasteiger partial charge in [-0.1, -0.05) is 0 Å². The Balaban J connectivity index is 1.98. The maximum atomic E-state index is 14.0. The van der Waals surface area contributed by atoms with Gasteiger partial charge in [0.25, 0.3) is 5.92 Å². The topological polar surface area (TPSA) is 42.1 Å². The SMILES string of the molecule is Nc1c(-c2cc(F)ccc2F)ccnc1N1CCC(F)(F)CC1. The van der Waals surface area contributed by atoms with Crippen LogP contribution in [0.4, 0.5) is 29.1 Å². The van der Waals surface area contributed by atoms with Crippen LogP contribution in [0.1, 0.15) is 12.8 Å². The molecule has 1 aromatic carbocycles. The number of piperidine rings is 1. The summed E-state index contributed by atoms with van der Waals surface area (Å²) in [6.45, 7) is 0.221. The van der Waals surface area contributed by atoms with Gasteiger partial charge >= 0.3 is 0 Å². The predicted octanol–water partition coefficient (Wildman–Crippen LogP) is 3.84. The third-order valence-corrected chi connectivity index (χ3v) is 3.98. The average molecular weight is 325 g/mol. The molecule has 0 unspecified atom stereocenters. The fraction of sp³-hybridized carbons (Fsp3) is 0.312. The van der Waals surface area contributed by atoms with Crippen LogP contribution in [0.15, 0.2) is 30.5 Å². The number of nitrogen functional groups attached to an aromatic ring is 1. The van der Waals surface area contributed by atoms with Gasteiger partial charge in [-0.05, 0) is 24.3 Å². The molecule has 23 heavy (non-hydrogen) atoms. The van der Waals surface area contributed by atoms with Crippen LogP contribution in [0, 0.1) is 11.6 Å². The average Bonchev–Trinajstić information content (AvgIpc) is 2.51. The van der Waals surface area contributed by atoms with Crippen molar-refractivity contribution in [3.8, 4) is 11.1 Å². The molecule has 0 bridgehead atoms. The first-order valence-corrected chi connectivity index (χ1v) is 7.20. The predicted molar refractivity (Wildman–Crippen MR) is 80.4 cm³/mol. The molecule has 1 saturated heterocycles. The number of alkyl halides is 2. The van der Waals surface area contributed by atoms with Crippen molar-refractivity contribution in [3.63, 3.8) is 0 Å². The Bertz CT molecular complexity index is 723. The second-order valence-corrected chi connectivity index (χ2v) is 5.56. The normalized spacial score (nSPS) is 17.3. The van der Waals surface area contributed by atoms with Crippen molar-refractivity contribution in [2.75, 3.05) is 23.7 Å². The number of hydrogen-bond acceptors (Lipinski definition) is 3. The summed E-state index contributed by atoms with van der Waals surface area (Å²) in [6, 6.07) is 4.57. The smallest absolute Gasteiger partial charge is 0.251 e. The van der Waals surface area contributed by atoms with Gasteiger partial charge < -0.3 is 10.6 Å². The standard InChI is InChI=1S/C16H15F4N3/c17-10-1-2-13(18)12(9-10)11-3-6-22-15(14(11)21)23-7-4-16(19,20)5-8-23/h1-3,6,9H,4-5,7-8,21H2. The number of anilines is 2. The molecule has 0 radical (unpaired) electrons. The Morgan fingerprint density at radius 3 is 2.43 bits per heavy atom. The number of benzene rings is 1. The molecule has 3 nitrogen and oxygen atoms in total. The molecule has 1 aliphatic heterocycles. The maximum Gasteiger partial charge on any atom is 0.251 e. The van der Waals surface area contributed by atoms with E-state index in [1.54, 1.807) is 4.90 Å². The van der Waals surface area contributed by atoms with E-state index in [9.17, 15) is 17.6 Å². The van der Waals surface area contributed by atoms with Gasteiger partial charge in [0.2, 0.25) is 0 Å². The first-order chi connectivity index (χ1) is 10.9. The minimum atomic E-state index is -2.68. The van der Waals surface area contributed by atoms with Crippen LogP contribution in [0.25, 0.3) is 11.1 Å². The zero-order chi connectivity index (χ0) is 16.6. The Kier molecular flexibility index (Phi) is 3.87. The van der Waals surface area contributed by atoms with E-state index in [4.69, 9.17) is 5.73 Å². The van der Waals surface area contributed by atoms with E-state index >= 15 is 0 Å². The van der Waals surface area contributed by atoms with Gasteiger partial charge in [0.15, 0.2) is 5.82 Å². The summed E-state index contributed by atoms with van der Waals surface area (Å²) in [4.78, 5) is 5.77. The molecule has 0 saturated carbocycles. The molecule has 122 valence electrons. The van der Waals surface area contributed by atoms with Crippen molar-refractivity contribution in [2.24, 2.45) is 0 Å². The Labute approximate surface area is 130 Å². The quantitative estimate of drug-likeness (QED) is 0.853.